The number of nitrogens with two attached hydrogens (primary N) is 1. The van der Waals surface area contributed by atoms with Crippen LogP contribution in [-0.2, 0) is 5.54 Å². The van der Waals surface area contributed by atoms with Gasteiger partial charge in [0.15, 0.2) is 5.54 Å². The smallest absolute Gasteiger partial charge is 0.387 e. The quantitative estimate of drug-likeness (QED) is 0.910. The first kappa shape index (κ1) is 15.0. The number of amides is 2. The molecule has 3 N–H and O–H groups in total. The third-order valence-corrected chi connectivity index (χ3v) is 3.62. The van der Waals surface area contributed by atoms with Crippen molar-refractivity contribution >= 4 is 11.9 Å². The van der Waals surface area contributed by atoms with Gasteiger partial charge in [-0.1, -0.05) is 42.5 Å². The van der Waals surface area contributed by atoms with Crippen molar-refractivity contribution in [2.24, 2.45) is 10.7 Å². The van der Waals surface area contributed by atoms with Crippen LogP contribution < -0.4 is 15.8 Å². The predicted molar refractivity (Wildman–Crippen MR) is 80.5 cm³/mol. The van der Waals surface area contributed by atoms with Crippen molar-refractivity contribution < 1.29 is 18.3 Å². The van der Waals surface area contributed by atoms with E-state index in [-0.39, 0.29) is 11.6 Å². The SMILES string of the molecule is NC1=NC(=O)NC1(c1ccccc1)c1ccc(OC(F)F)cc1. The lowest BCUT2D eigenvalue weighted by molar-refractivity contribution is -0.0498. The first-order chi connectivity index (χ1) is 11.0. The second kappa shape index (κ2) is 5.68. The Bertz CT molecular complexity index is 748. The van der Waals surface area contributed by atoms with Gasteiger partial charge in [-0.15, -0.1) is 0 Å². The van der Waals surface area contributed by atoms with E-state index in [9.17, 15) is 13.6 Å². The number of aliphatic imine (C=N–C) groups is 1. The predicted octanol–water partition coefficient (Wildman–Crippen LogP) is 2.61. The zero-order chi connectivity index (χ0) is 16.4. The number of carbonyl (C=O) groups is 1. The van der Waals surface area contributed by atoms with Gasteiger partial charge >= 0.3 is 12.6 Å². The van der Waals surface area contributed by atoms with Crippen LogP contribution in [0.4, 0.5) is 13.6 Å². The molecule has 1 unspecified atom stereocenters. The Morgan fingerprint density at radius 3 is 2.17 bits per heavy atom. The lowest BCUT2D eigenvalue weighted by Crippen LogP contribution is -2.49. The van der Waals surface area contributed by atoms with Crippen LogP contribution in [0.2, 0.25) is 0 Å². The zero-order valence-corrected chi connectivity index (χ0v) is 11.9. The van der Waals surface area contributed by atoms with Crippen molar-refractivity contribution in [2.45, 2.75) is 12.2 Å². The summed E-state index contributed by atoms with van der Waals surface area (Å²) in [5.41, 5.74) is 6.19. The van der Waals surface area contributed by atoms with Crippen molar-refractivity contribution in [2.75, 3.05) is 0 Å². The number of halogens is 2. The number of rotatable bonds is 4. The van der Waals surface area contributed by atoms with Crippen molar-refractivity contribution in [1.29, 1.82) is 0 Å². The molecule has 1 aliphatic rings. The van der Waals surface area contributed by atoms with Crippen LogP contribution >= 0.6 is 0 Å². The molecule has 0 fully saturated rings. The monoisotopic (exact) mass is 317 g/mol. The summed E-state index contributed by atoms with van der Waals surface area (Å²) in [7, 11) is 0. The fourth-order valence-corrected chi connectivity index (χ4v) is 2.63. The molecular formula is C16H13F2N3O2. The van der Waals surface area contributed by atoms with Gasteiger partial charge in [0.1, 0.15) is 11.6 Å². The minimum atomic E-state index is -2.90. The largest absolute Gasteiger partial charge is 0.435 e. The highest BCUT2D eigenvalue weighted by atomic mass is 19.3. The van der Waals surface area contributed by atoms with Gasteiger partial charge in [0.05, 0.1) is 0 Å². The lowest BCUT2D eigenvalue weighted by atomic mass is 9.82. The summed E-state index contributed by atoms with van der Waals surface area (Å²) >= 11 is 0. The Morgan fingerprint density at radius 2 is 1.65 bits per heavy atom. The Kier molecular flexibility index (Phi) is 3.69. The Balaban J connectivity index is 2.07. The fraction of sp³-hybridized carbons (Fsp3) is 0.125. The number of nitrogens with one attached hydrogen (secondary N) is 1. The summed E-state index contributed by atoms with van der Waals surface area (Å²) in [6.07, 6.45) is 0. The Hall–Kier alpha value is -2.96. The van der Waals surface area contributed by atoms with Crippen LogP contribution in [0.15, 0.2) is 59.6 Å². The number of nitrogens with zero attached hydrogens (tertiary/aromatic N) is 1. The van der Waals surface area contributed by atoms with Crippen LogP contribution in [-0.4, -0.2) is 18.5 Å². The number of hydrogen-bond donors (Lipinski definition) is 2. The molecule has 0 saturated heterocycles. The third kappa shape index (κ3) is 2.61. The zero-order valence-electron chi connectivity index (χ0n) is 11.9. The minimum absolute atomic E-state index is 0.0202. The van der Waals surface area contributed by atoms with E-state index < -0.39 is 18.2 Å². The normalized spacial score (nSPS) is 20.3. The molecule has 0 spiro atoms. The molecule has 5 nitrogen and oxygen atoms in total. The molecule has 3 rings (SSSR count). The van der Waals surface area contributed by atoms with Crippen LogP contribution in [0.3, 0.4) is 0 Å². The molecule has 0 radical (unpaired) electrons. The lowest BCUT2D eigenvalue weighted by Gasteiger charge is -2.30. The molecule has 1 aliphatic heterocycles. The van der Waals surface area contributed by atoms with Crippen molar-refractivity contribution in [3.05, 3.63) is 65.7 Å². The molecule has 23 heavy (non-hydrogen) atoms. The molecule has 118 valence electrons. The summed E-state index contributed by atoms with van der Waals surface area (Å²) in [6, 6.07) is 14.4. The molecule has 0 aromatic heterocycles. The highest BCUT2D eigenvalue weighted by Crippen LogP contribution is 2.34. The standard InChI is InChI=1S/C16H13F2N3O2/c17-14(18)23-12-8-6-11(7-9-12)16(10-4-2-1-3-5-10)13(19)20-15(22)21-16/h1-9,14H,(H3,19,20,21,22). The summed E-state index contributed by atoms with van der Waals surface area (Å²) in [6.45, 7) is -2.90. The van der Waals surface area contributed by atoms with Gasteiger partial charge in [-0.25, -0.2) is 4.79 Å². The summed E-state index contributed by atoms with van der Waals surface area (Å²) in [5.74, 6) is 0.114. The molecule has 0 aliphatic carbocycles. The number of benzene rings is 2. The molecule has 0 saturated carbocycles. The van der Waals surface area contributed by atoms with E-state index in [2.05, 4.69) is 15.0 Å². The van der Waals surface area contributed by atoms with Crippen molar-refractivity contribution in [1.82, 2.24) is 5.32 Å². The maximum Gasteiger partial charge on any atom is 0.387 e. The van der Waals surface area contributed by atoms with E-state index in [1.807, 2.05) is 18.2 Å². The molecule has 7 heteroatoms. The van der Waals surface area contributed by atoms with Gasteiger partial charge in [0, 0.05) is 0 Å². The summed E-state index contributed by atoms with van der Waals surface area (Å²) in [4.78, 5) is 15.5. The minimum Gasteiger partial charge on any atom is -0.435 e. The summed E-state index contributed by atoms with van der Waals surface area (Å²) in [5, 5.41) is 2.75. The van der Waals surface area contributed by atoms with Gasteiger partial charge in [-0.3, -0.25) is 0 Å². The summed E-state index contributed by atoms with van der Waals surface area (Å²) < 4.78 is 28.9. The molecule has 0 bridgehead atoms. The van der Waals surface area contributed by atoms with E-state index in [0.717, 1.165) is 5.56 Å². The highest BCUT2D eigenvalue weighted by Gasteiger charge is 2.44. The number of amidine groups is 1. The number of hydrogen-bond acceptors (Lipinski definition) is 3. The Morgan fingerprint density at radius 1 is 1.04 bits per heavy atom. The molecule has 2 aromatic rings. The molecule has 2 amide bonds. The van der Waals surface area contributed by atoms with Crippen molar-refractivity contribution in [3.63, 3.8) is 0 Å². The second-order valence-electron chi connectivity index (χ2n) is 4.95. The van der Waals surface area contributed by atoms with Gasteiger partial charge in [-0.2, -0.15) is 13.8 Å². The van der Waals surface area contributed by atoms with E-state index in [0.29, 0.717) is 5.56 Å². The van der Waals surface area contributed by atoms with E-state index >= 15 is 0 Å². The van der Waals surface area contributed by atoms with Crippen LogP contribution in [0, 0.1) is 0 Å². The topological polar surface area (TPSA) is 76.7 Å². The first-order valence-corrected chi connectivity index (χ1v) is 6.80. The van der Waals surface area contributed by atoms with Crippen LogP contribution in [0.1, 0.15) is 11.1 Å². The maximum atomic E-state index is 12.3. The van der Waals surface area contributed by atoms with E-state index in [1.165, 1.54) is 12.1 Å². The Labute approximate surface area is 130 Å². The first-order valence-electron chi connectivity index (χ1n) is 6.80. The van der Waals surface area contributed by atoms with E-state index in [1.54, 1.807) is 24.3 Å². The average Bonchev–Trinajstić information content (AvgIpc) is 2.84. The van der Waals surface area contributed by atoms with Gasteiger partial charge in [0.25, 0.3) is 0 Å². The van der Waals surface area contributed by atoms with Gasteiger partial charge < -0.3 is 15.8 Å². The van der Waals surface area contributed by atoms with Gasteiger partial charge in [-0.05, 0) is 23.3 Å². The molecule has 1 atom stereocenters. The molecule has 2 aromatic carbocycles. The van der Waals surface area contributed by atoms with Crippen LogP contribution in [0.5, 0.6) is 5.75 Å². The number of urea groups is 1. The molecular weight excluding hydrogens is 304 g/mol. The second-order valence-corrected chi connectivity index (χ2v) is 4.95. The third-order valence-electron chi connectivity index (χ3n) is 3.62. The maximum absolute atomic E-state index is 12.3. The number of ether oxygens (including phenoxy) is 1. The fourth-order valence-electron chi connectivity index (χ4n) is 2.63. The number of alkyl halides is 2. The van der Waals surface area contributed by atoms with Crippen LogP contribution in [0.25, 0.3) is 0 Å². The average molecular weight is 317 g/mol. The van der Waals surface area contributed by atoms with Gasteiger partial charge in [0.2, 0.25) is 0 Å². The number of carbonyl (C=O) groups excluding carboxylic acids is 1. The van der Waals surface area contributed by atoms with Crippen molar-refractivity contribution in [3.8, 4) is 5.75 Å². The molecule has 1 heterocycles. The van der Waals surface area contributed by atoms with E-state index in [4.69, 9.17) is 5.73 Å². The highest BCUT2D eigenvalue weighted by molar-refractivity contribution is 6.08.